The molecule has 2 aromatic heterocycles. The van der Waals surface area contributed by atoms with Gasteiger partial charge in [-0.1, -0.05) is 0 Å². The van der Waals surface area contributed by atoms with E-state index in [0.717, 1.165) is 19.8 Å². The molecule has 0 saturated carbocycles. The molecule has 2 heterocycles. The van der Waals surface area contributed by atoms with Crippen LogP contribution >= 0.6 is 27.3 Å². The molecule has 0 amide bonds. The molecule has 16 heavy (non-hydrogen) atoms. The molecule has 0 bridgehead atoms. The zero-order valence-electron chi connectivity index (χ0n) is 8.74. The fraction of sp³-hybridized carbons (Fsp3) is 0.167. The monoisotopic (exact) mass is 295 g/mol. The van der Waals surface area contributed by atoms with Gasteiger partial charge < -0.3 is 0 Å². The Bertz CT molecular complexity index is 521. The molecule has 0 spiro atoms. The van der Waals surface area contributed by atoms with Gasteiger partial charge in [-0.3, -0.25) is 9.78 Å². The standard InChI is InChI=1S/C12H10BrNOS/c1-8-7-14-5-4-9(8)6-10(15)11-2-3-12(13)16-11/h2-5,7H,6H2,1H3. The second-order valence-electron chi connectivity index (χ2n) is 3.51. The molecule has 2 nitrogen and oxygen atoms in total. The quantitative estimate of drug-likeness (QED) is 0.809. The maximum absolute atomic E-state index is 11.9. The number of aromatic nitrogens is 1. The number of aryl methyl sites for hydroxylation is 1. The molecule has 0 saturated heterocycles. The van der Waals surface area contributed by atoms with Crippen LogP contribution < -0.4 is 0 Å². The third kappa shape index (κ3) is 2.57. The summed E-state index contributed by atoms with van der Waals surface area (Å²) in [4.78, 5) is 16.8. The van der Waals surface area contributed by atoms with E-state index in [9.17, 15) is 4.79 Å². The number of rotatable bonds is 3. The lowest BCUT2D eigenvalue weighted by molar-refractivity contribution is 0.0996. The van der Waals surface area contributed by atoms with Crippen LogP contribution in [0.4, 0.5) is 0 Å². The number of thiophene rings is 1. The van der Waals surface area contributed by atoms with Gasteiger partial charge in [0, 0.05) is 18.8 Å². The lowest BCUT2D eigenvalue weighted by Crippen LogP contribution is -2.02. The van der Waals surface area contributed by atoms with Crippen molar-refractivity contribution in [3.05, 3.63) is 50.4 Å². The minimum atomic E-state index is 0.157. The SMILES string of the molecule is Cc1cnccc1CC(=O)c1ccc(Br)s1. The summed E-state index contributed by atoms with van der Waals surface area (Å²) in [7, 11) is 0. The van der Waals surface area contributed by atoms with Gasteiger partial charge in [0.1, 0.15) is 0 Å². The molecule has 0 N–H and O–H groups in total. The number of hydrogen-bond donors (Lipinski definition) is 0. The van der Waals surface area contributed by atoms with Crippen LogP contribution in [0.5, 0.6) is 0 Å². The molecule has 0 radical (unpaired) electrons. The minimum Gasteiger partial charge on any atom is -0.293 e. The number of ketones is 1. The van der Waals surface area contributed by atoms with E-state index in [1.54, 1.807) is 12.4 Å². The molecule has 0 atom stereocenters. The van der Waals surface area contributed by atoms with Crippen molar-refractivity contribution in [1.29, 1.82) is 0 Å². The van der Waals surface area contributed by atoms with Crippen LogP contribution in [0.2, 0.25) is 0 Å². The first-order chi connectivity index (χ1) is 7.66. The topological polar surface area (TPSA) is 30.0 Å². The average Bonchev–Trinajstić information content (AvgIpc) is 2.68. The summed E-state index contributed by atoms with van der Waals surface area (Å²) in [5.74, 6) is 0.157. The van der Waals surface area contributed by atoms with Gasteiger partial charge in [0.2, 0.25) is 0 Å². The van der Waals surface area contributed by atoms with Crippen molar-refractivity contribution in [2.24, 2.45) is 0 Å². The molecule has 0 fully saturated rings. The maximum atomic E-state index is 11.9. The predicted octanol–water partition coefficient (Wildman–Crippen LogP) is 3.64. The minimum absolute atomic E-state index is 0.157. The van der Waals surface area contributed by atoms with E-state index in [0.29, 0.717) is 6.42 Å². The normalized spacial score (nSPS) is 10.4. The molecular formula is C12H10BrNOS. The number of pyridine rings is 1. The number of nitrogens with zero attached hydrogens (tertiary/aromatic N) is 1. The Morgan fingerprint density at radius 2 is 2.25 bits per heavy atom. The van der Waals surface area contributed by atoms with Crippen LogP contribution in [-0.4, -0.2) is 10.8 Å². The second kappa shape index (κ2) is 4.89. The third-order valence-corrected chi connectivity index (χ3v) is 4.00. The van der Waals surface area contributed by atoms with Crippen molar-refractivity contribution in [1.82, 2.24) is 4.98 Å². The van der Waals surface area contributed by atoms with Gasteiger partial charge in [0.05, 0.1) is 8.66 Å². The van der Waals surface area contributed by atoms with Crippen molar-refractivity contribution in [2.45, 2.75) is 13.3 Å². The second-order valence-corrected chi connectivity index (χ2v) is 5.97. The third-order valence-electron chi connectivity index (χ3n) is 2.34. The lowest BCUT2D eigenvalue weighted by atomic mass is 10.1. The van der Waals surface area contributed by atoms with Crippen molar-refractivity contribution >= 4 is 33.0 Å². The summed E-state index contributed by atoms with van der Waals surface area (Å²) in [6, 6.07) is 5.65. The van der Waals surface area contributed by atoms with Crippen molar-refractivity contribution in [3.63, 3.8) is 0 Å². The molecule has 4 heteroatoms. The Morgan fingerprint density at radius 1 is 1.44 bits per heavy atom. The Balaban J connectivity index is 2.17. The number of halogens is 1. The fourth-order valence-corrected chi connectivity index (χ4v) is 2.75. The van der Waals surface area contributed by atoms with E-state index >= 15 is 0 Å². The van der Waals surface area contributed by atoms with Crippen molar-refractivity contribution < 1.29 is 4.79 Å². The summed E-state index contributed by atoms with van der Waals surface area (Å²) >= 11 is 4.83. The molecule has 0 aliphatic carbocycles. The molecule has 0 aliphatic rings. The lowest BCUT2D eigenvalue weighted by Gasteiger charge is -2.02. The zero-order chi connectivity index (χ0) is 11.5. The van der Waals surface area contributed by atoms with Crippen LogP contribution in [0.25, 0.3) is 0 Å². The van der Waals surface area contributed by atoms with E-state index < -0.39 is 0 Å². The molecule has 2 aromatic rings. The maximum Gasteiger partial charge on any atom is 0.177 e. The van der Waals surface area contributed by atoms with Crippen molar-refractivity contribution in [2.75, 3.05) is 0 Å². The van der Waals surface area contributed by atoms with E-state index in [1.165, 1.54) is 11.3 Å². The van der Waals surface area contributed by atoms with Crippen LogP contribution in [-0.2, 0) is 6.42 Å². The molecule has 2 rings (SSSR count). The molecule has 0 unspecified atom stereocenters. The van der Waals surface area contributed by atoms with Crippen LogP contribution in [0.1, 0.15) is 20.8 Å². The summed E-state index contributed by atoms with van der Waals surface area (Å²) in [6.45, 7) is 1.97. The van der Waals surface area contributed by atoms with Gasteiger partial charge in [0.25, 0.3) is 0 Å². The van der Waals surface area contributed by atoms with E-state index in [1.807, 2.05) is 25.1 Å². The van der Waals surface area contributed by atoms with E-state index in [2.05, 4.69) is 20.9 Å². The van der Waals surface area contributed by atoms with Crippen molar-refractivity contribution in [3.8, 4) is 0 Å². The summed E-state index contributed by atoms with van der Waals surface area (Å²) in [5, 5.41) is 0. The van der Waals surface area contributed by atoms with Crippen LogP contribution in [0, 0.1) is 6.92 Å². The highest BCUT2D eigenvalue weighted by Crippen LogP contribution is 2.23. The first-order valence-electron chi connectivity index (χ1n) is 4.85. The number of Topliss-reactive ketones (excluding diaryl/α,β-unsaturated/α-hetero) is 1. The molecule has 82 valence electrons. The average molecular weight is 296 g/mol. The first-order valence-corrected chi connectivity index (χ1v) is 6.46. The fourth-order valence-electron chi connectivity index (χ4n) is 1.42. The zero-order valence-corrected chi connectivity index (χ0v) is 11.1. The van der Waals surface area contributed by atoms with Gasteiger partial charge in [-0.2, -0.15) is 0 Å². The molecule has 0 aromatic carbocycles. The summed E-state index contributed by atoms with van der Waals surface area (Å²) < 4.78 is 0.988. The van der Waals surface area contributed by atoms with E-state index in [-0.39, 0.29) is 5.78 Å². The number of carbonyl (C=O) groups is 1. The predicted molar refractivity (Wildman–Crippen MR) is 69.0 cm³/mol. The Labute approximate surface area is 106 Å². The summed E-state index contributed by atoms with van der Waals surface area (Å²) in [6.07, 6.45) is 3.95. The largest absolute Gasteiger partial charge is 0.293 e. The Kier molecular flexibility index (Phi) is 3.51. The first kappa shape index (κ1) is 11.5. The summed E-state index contributed by atoms with van der Waals surface area (Å²) in [5.41, 5.74) is 2.11. The Morgan fingerprint density at radius 3 is 2.88 bits per heavy atom. The van der Waals surface area contributed by atoms with Gasteiger partial charge in [-0.25, -0.2) is 0 Å². The highest BCUT2D eigenvalue weighted by atomic mass is 79.9. The molecule has 0 aliphatic heterocycles. The van der Waals surface area contributed by atoms with Gasteiger partial charge in [-0.05, 0) is 52.2 Å². The van der Waals surface area contributed by atoms with Gasteiger partial charge in [0.15, 0.2) is 5.78 Å². The molecular weight excluding hydrogens is 286 g/mol. The number of carbonyl (C=O) groups excluding carboxylic acids is 1. The van der Waals surface area contributed by atoms with Crippen LogP contribution in [0.3, 0.4) is 0 Å². The highest BCUT2D eigenvalue weighted by Gasteiger charge is 2.10. The van der Waals surface area contributed by atoms with Gasteiger partial charge in [-0.15, -0.1) is 11.3 Å². The van der Waals surface area contributed by atoms with Crippen LogP contribution in [0.15, 0.2) is 34.4 Å². The number of hydrogen-bond acceptors (Lipinski definition) is 3. The highest BCUT2D eigenvalue weighted by molar-refractivity contribution is 9.11. The smallest absolute Gasteiger partial charge is 0.177 e. The van der Waals surface area contributed by atoms with Gasteiger partial charge >= 0.3 is 0 Å². The Hall–Kier alpha value is -1.000. The van der Waals surface area contributed by atoms with E-state index in [4.69, 9.17) is 0 Å².